The summed E-state index contributed by atoms with van der Waals surface area (Å²) in [5.41, 5.74) is 1.53. The first-order chi connectivity index (χ1) is 10.2. The highest BCUT2D eigenvalue weighted by Gasteiger charge is 2.33. The van der Waals surface area contributed by atoms with E-state index in [2.05, 4.69) is 14.9 Å². The van der Waals surface area contributed by atoms with Crippen molar-refractivity contribution in [2.75, 3.05) is 13.1 Å². The van der Waals surface area contributed by atoms with Crippen LogP contribution in [0.15, 0.2) is 24.3 Å². The summed E-state index contributed by atoms with van der Waals surface area (Å²) in [7, 11) is 0. The van der Waals surface area contributed by atoms with Crippen molar-refractivity contribution in [3.05, 3.63) is 52.6 Å². The van der Waals surface area contributed by atoms with Gasteiger partial charge in [0, 0.05) is 11.1 Å². The number of H-pyrrole nitrogens is 1. The fraction of sp³-hybridized carbons (Fsp3) is 0.312. The van der Waals surface area contributed by atoms with Crippen LogP contribution in [0.25, 0.3) is 0 Å². The number of carbonyl (C=O) groups excluding carboxylic acids is 2. The Labute approximate surface area is 122 Å². The molecule has 4 rings (SSSR count). The Balaban J connectivity index is 1.72. The molecule has 0 saturated carbocycles. The summed E-state index contributed by atoms with van der Waals surface area (Å²) < 4.78 is 0. The molecule has 5 heteroatoms. The van der Waals surface area contributed by atoms with Crippen LogP contribution in [0, 0.1) is 0 Å². The number of carbonyl (C=O) groups is 2. The predicted molar refractivity (Wildman–Crippen MR) is 76.4 cm³/mol. The van der Waals surface area contributed by atoms with Gasteiger partial charge in [0.05, 0.1) is 6.54 Å². The molecule has 1 N–H and O–H groups in total. The molecule has 0 atom stereocenters. The van der Waals surface area contributed by atoms with E-state index < -0.39 is 0 Å². The maximum Gasteiger partial charge on any atom is 0.214 e. The van der Waals surface area contributed by atoms with Gasteiger partial charge in [-0.05, 0) is 25.9 Å². The topological polar surface area (TPSA) is 66.1 Å². The van der Waals surface area contributed by atoms with Gasteiger partial charge in [0.25, 0.3) is 0 Å². The van der Waals surface area contributed by atoms with Crippen molar-refractivity contribution in [1.82, 2.24) is 14.9 Å². The number of nitrogens with one attached hydrogen (secondary N) is 1. The maximum absolute atomic E-state index is 12.5. The lowest BCUT2D eigenvalue weighted by molar-refractivity contribution is 0.0974. The second kappa shape index (κ2) is 4.63. The zero-order valence-corrected chi connectivity index (χ0v) is 11.6. The maximum atomic E-state index is 12.5. The number of aromatic amines is 1. The minimum atomic E-state index is -0.163. The number of hydrogen-bond donors (Lipinski definition) is 1. The second-order valence-electron chi connectivity index (χ2n) is 5.59. The van der Waals surface area contributed by atoms with E-state index in [1.54, 1.807) is 24.3 Å². The molecular weight excluding hydrogens is 266 g/mol. The Morgan fingerprint density at radius 3 is 2.43 bits per heavy atom. The van der Waals surface area contributed by atoms with Crippen LogP contribution in [0.3, 0.4) is 0 Å². The summed E-state index contributed by atoms with van der Waals surface area (Å²) in [5, 5.41) is 0. The summed E-state index contributed by atoms with van der Waals surface area (Å²) in [4.78, 5) is 34.6. The first-order valence-corrected chi connectivity index (χ1v) is 7.24. The lowest BCUT2D eigenvalue weighted by Crippen LogP contribution is -2.20. The first-order valence-electron chi connectivity index (χ1n) is 7.24. The molecule has 0 spiro atoms. The summed E-state index contributed by atoms with van der Waals surface area (Å²) in [6.45, 7) is 2.77. The van der Waals surface area contributed by atoms with E-state index in [-0.39, 0.29) is 17.3 Å². The standard InChI is InChI=1S/C16H15N3O2/c20-15-10-5-1-2-6-11(10)16(21)14-13(15)17-12(18-14)9-19-7-3-4-8-19/h1-2,5-6H,3-4,7-9H2,(H,17,18). The number of ketones is 2. The van der Waals surface area contributed by atoms with Crippen LogP contribution in [-0.2, 0) is 6.54 Å². The van der Waals surface area contributed by atoms with Gasteiger partial charge in [-0.2, -0.15) is 0 Å². The van der Waals surface area contributed by atoms with Crippen LogP contribution in [0.1, 0.15) is 50.8 Å². The van der Waals surface area contributed by atoms with Crippen LogP contribution >= 0.6 is 0 Å². The van der Waals surface area contributed by atoms with Crippen molar-refractivity contribution >= 4 is 11.6 Å². The van der Waals surface area contributed by atoms with E-state index in [0.29, 0.717) is 29.2 Å². The highest BCUT2D eigenvalue weighted by Crippen LogP contribution is 2.26. The molecule has 21 heavy (non-hydrogen) atoms. The molecule has 1 aliphatic carbocycles. The van der Waals surface area contributed by atoms with Gasteiger partial charge in [-0.15, -0.1) is 0 Å². The normalized spacial score (nSPS) is 17.9. The lowest BCUT2D eigenvalue weighted by atomic mass is 9.90. The van der Waals surface area contributed by atoms with Gasteiger partial charge in [-0.1, -0.05) is 24.3 Å². The number of hydrogen-bond acceptors (Lipinski definition) is 4. The molecule has 2 aliphatic rings. The Kier molecular flexibility index (Phi) is 2.75. The largest absolute Gasteiger partial charge is 0.338 e. The Hall–Kier alpha value is -2.27. The molecule has 5 nitrogen and oxygen atoms in total. The Morgan fingerprint density at radius 2 is 1.71 bits per heavy atom. The fourth-order valence-corrected chi connectivity index (χ4v) is 3.12. The third-order valence-electron chi connectivity index (χ3n) is 4.18. The number of rotatable bonds is 2. The molecule has 0 amide bonds. The van der Waals surface area contributed by atoms with E-state index in [1.165, 1.54) is 12.8 Å². The molecular formula is C16H15N3O2. The zero-order valence-electron chi connectivity index (χ0n) is 11.6. The molecule has 2 heterocycles. The first kappa shape index (κ1) is 12.5. The lowest BCUT2D eigenvalue weighted by Gasteiger charge is -2.12. The summed E-state index contributed by atoms with van der Waals surface area (Å²) in [6, 6.07) is 6.93. The predicted octanol–water partition coefficient (Wildman–Crippen LogP) is 1.78. The number of likely N-dealkylation sites (tertiary alicyclic amines) is 1. The Morgan fingerprint density at radius 1 is 1.05 bits per heavy atom. The molecule has 1 aromatic heterocycles. The molecule has 1 aliphatic heterocycles. The number of aromatic nitrogens is 2. The number of nitrogens with zero attached hydrogens (tertiary/aromatic N) is 2. The van der Waals surface area contributed by atoms with Crippen LogP contribution in [0.2, 0.25) is 0 Å². The van der Waals surface area contributed by atoms with E-state index >= 15 is 0 Å². The van der Waals surface area contributed by atoms with Crippen molar-refractivity contribution in [2.45, 2.75) is 19.4 Å². The monoisotopic (exact) mass is 281 g/mol. The summed E-state index contributed by atoms with van der Waals surface area (Å²) >= 11 is 0. The zero-order chi connectivity index (χ0) is 14.4. The summed E-state index contributed by atoms with van der Waals surface area (Å²) in [6.07, 6.45) is 2.40. The SMILES string of the molecule is O=C1c2ccccc2C(=O)c2[nH]c(CN3CCCC3)nc21. The molecule has 106 valence electrons. The smallest absolute Gasteiger partial charge is 0.214 e. The van der Waals surface area contributed by atoms with Gasteiger partial charge in [-0.3, -0.25) is 14.5 Å². The third kappa shape index (κ3) is 1.93. The van der Waals surface area contributed by atoms with Gasteiger partial charge in [0.2, 0.25) is 11.6 Å². The van der Waals surface area contributed by atoms with Crippen LogP contribution in [0.4, 0.5) is 0 Å². The van der Waals surface area contributed by atoms with Gasteiger partial charge < -0.3 is 4.98 Å². The van der Waals surface area contributed by atoms with Gasteiger partial charge >= 0.3 is 0 Å². The second-order valence-corrected chi connectivity index (χ2v) is 5.59. The Bertz CT molecular complexity index is 689. The van der Waals surface area contributed by atoms with Gasteiger partial charge in [0.1, 0.15) is 17.2 Å². The average molecular weight is 281 g/mol. The molecule has 1 fully saturated rings. The molecule has 0 unspecified atom stereocenters. The van der Waals surface area contributed by atoms with E-state index in [1.807, 2.05) is 0 Å². The van der Waals surface area contributed by atoms with Gasteiger partial charge in [-0.25, -0.2) is 4.98 Å². The van der Waals surface area contributed by atoms with Crippen LogP contribution < -0.4 is 0 Å². The summed E-state index contributed by atoms with van der Waals surface area (Å²) in [5.74, 6) is 0.404. The molecule has 1 saturated heterocycles. The highest BCUT2D eigenvalue weighted by atomic mass is 16.1. The number of fused-ring (bicyclic) bond motifs is 2. The van der Waals surface area contributed by atoms with Crippen molar-refractivity contribution in [2.24, 2.45) is 0 Å². The molecule has 0 bridgehead atoms. The van der Waals surface area contributed by atoms with Crippen molar-refractivity contribution in [3.8, 4) is 0 Å². The number of imidazole rings is 1. The van der Waals surface area contributed by atoms with Crippen molar-refractivity contribution < 1.29 is 9.59 Å². The van der Waals surface area contributed by atoms with Crippen molar-refractivity contribution in [1.29, 1.82) is 0 Å². The molecule has 1 aromatic carbocycles. The van der Waals surface area contributed by atoms with Crippen LogP contribution in [0.5, 0.6) is 0 Å². The van der Waals surface area contributed by atoms with E-state index in [4.69, 9.17) is 0 Å². The molecule has 2 aromatic rings. The van der Waals surface area contributed by atoms with Crippen molar-refractivity contribution in [3.63, 3.8) is 0 Å². The molecule has 0 radical (unpaired) electrons. The fourth-order valence-electron chi connectivity index (χ4n) is 3.12. The third-order valence-corrected chi connectivity index (χ3v) is 4.18. The minimum Gasteiger partial charge on any atom is -0.338 e. The van der Waals surface area contributed by atoms with E-state index in [0.717, 1.165) is 13.1 Å². The quantitative estimate of drug-likeness (QED) is 0.777. The van der Waals surface area contributed by atoms with Crippen LogP contribution in [-0.4, -0.2) is 39.5 Å². The number of benzene rings is 1. The highest BCUT2D eigenvalue weighted by molar-refractivity contribution is 6.26. The van der Waals surface area contributed by atoms with Gasteiger partial charge in [0.15, 0.2) is 0 Å². The average Bonchev–Trinajstić information content (AvgIpc) is 3.15. The minimum absolute atomic E-state index is 0.139. The van der Waals surface area contributed by atoms with E-state index in [9.17, 15) is 9.59 Å².